The molecule has 29 heavy (non-hydrogen) atoms. The predicted octanol–water partition coefficient (Wildman–Crippen LogP) is 4.00. The summed E-state index contributed by atoms with van der Waals surface area (Å²) in [5, 5.41) is 5.70. The molecule has 0 aliphatic carbocycles. The largest absolute Gasteiger partial charge is 0.445 e. The van der Waals surface area contributed by atoms with Gasteiger partial charge in [0.25, 0.3) is 5.91 Å². The van der Waals surface area contributed by atoms with Crippen LogP contribution in [0.15, 0.2) is 66.9 Å². The number of benzene rings is 2. The number of hydrogen-bond acceptors (Lipinski definition) is 5. The molecule has 0 radical (unpaired) electrons. The zero-order valence-corrected chi connectivity index (χ0v) is 16.1. The Morgan fingerprint density at radius 3 is 2.52 bits per heavy atom. The summed E-state index contributed by atoms with van der Waals surface area (Å²) in [6.45, 7) is 0.285. The average Bonchev–Trinajstić information content (AvgIpc) is 2.73. The van der Waals surface area contributed by atoms with Gasteiger partial charge in [0.1, 0.15) is 11.8 Å². The molecule has 0 bridgehead atoms. The number of carbonyl (C=O) groups excluding carboxylic acids is 2. The minimum Gasteiger partial charge on any atom is -0.445 e. The highest BCUT2D eigenvalue weighted by molar-refractivity contribution is 6.30. The van der Waals surface area contributed by atoms with Gasteiger partial charge in [0.15, 0.2) is 0 Å². The zero-order chi connectivity index (χ0) is 20.6. The van der Waals surface area contributed by atoms with Crippen molar-refractivity contribution in [3.63, 3.8) is 0 Å². The van der Waals surface area contributed by atoms with Gasteiger partial charge in [0.2, 0.25) is 0 Å². The Hall–Kier alpha value is -3.58. The van der Waals surface area contributed by atoms with Crippen molar-refractivity contribution in [2.24, 2.45) is 0 Å². The van der Waals surface area contributed by atoms with Crippen molar-refractivity contribution in [1.29, 1.82) is 0 Å². The van der Waals surface area contributed by atoms with E-state index in [1.165, 1.54) is 0 Å². The molecule has 2 aromatic carbocycles. The lowest BCUT2D eigenvalue weighted by Crippen LogP contribution is -2.23. The van der Waals surface area contributed by atoms with Crippen LogP contribution < -0.4 is 16.4 Å². The molecule has 0 atom stereocenters. The van der Waals surface area contributed by atoms with Gasteiger partial charge < -0.3 is 21.1 Å². The third kappa shape index (κ3) is 5.70. The Kier molecular flexibility index (Phi) is 6.65. The molecular weight excluding hydrogens is 392 g/mol. The van der Waals surface area contributed by atoms with Gasteiger partial charge in [-0.2, -0.15) is 0 Å². The van der Waals surface area contributed by atoms with E-state index in [4.69, 9.17) is 22.1 Å². The van der Waals surface area contributed by atoms with Gasteiger partial charge in [-0.1, -0.05) is 41.9 Å². The molecular formula is C21H19ClN4O3. The van der Waals surface area contributed by atoms with Crippen molar-refractivity contribution in [2.75, 3.05) is 11.1 Å². The number of nitrogen functional groups attached to an aromatic ring is 1. The van der Waals surface area contributed by atoms with Crippen LogP contribution in [-0.4, -0.2) is 17.0 Å². The summed E-state index contributed by atoms with van der Waals surface area (Å²) in [6.07, 6.45) is 0.983. The zero-order valence-electron chi connectivity index (χ0n) is 15.4. The van der Waals surface area contributed by atoms with E-state index in [9.17, 15) is 9.59 Å². The molecule has 0 saturated carbocycles. The molecule has 3 aromatic rings. The molecule has 0 unspecified atom stereocenters. The fraction of sp³-hybridized carbons (Fsp3) is 0.0952. The topological polar surface area (TPSA) is 106 Å². The summed E-state index contributed by atoms with van der Waals surface area (Å²) in [5.74, 6) is -0.268. The number of nitrogens with one attached hydrogen (secondary N) is 2. The van der Waals surface area contributed by atoms with Gasteiger partial charge in [0.05, 0.1) is 11.4 Å². The third-order valence-corrected chi connectivity index (χ3v) is 4.40. The monoisotopic (exact) mass is 410 g/mol. The summed E-state index contributed by atoms with van der Waals surface area (Å²) in [7, 11) is 0. The number of pyridine rings is 1. The highest BCUT2D eigenvalue weighted by Gasteiger charge is 2.09. The molecule has 0 spiro atoms. The summed E-state index contributed by atoms with van der Waals surface area (Å²) >= 11 is 5.92. The molecule has 8 heteroatoms. The van der Waals surface area contributed by atoms with Crippen molar-refractivity contribution in [2.45, 2.75) is 13.2 Å². The first-order chi connectivity index (χ1) is 14.0. The van der Waals surface area contributed by atoms with Crippen molar-refractivity contribution >= 4 is 35.0 Å². The van der Waals surface area contributed by atoms with Crippen molar-refractivity contribution in [1.82, 2.24) is 10.3 Å². The van der Waals surface area contributed by atoms with E-state index in [1.807, 2.05) is 0 Å². The van der Waals surface area contributed by atoms with Gasteiger partial charge in [-0.25, -0.2) is 9.78 Å². The normalized spacial score (nSPS) is 10.2. The van der Waals surface area contributed by atoms with Crippen LogP contribution in [0.4, 0.5) is 16.2 Å². The number of anilines is 2. The Labute approximate surface area is 172 Å². The molecule has 4 N–H and O–H groups in total. The fourth-order valence-corrected chi connectivity index (χ4v) is 2.65. The summed E-state index contributed by atoms with van der Waals surface area (Å²) < 4.78 is 5.12. The Balaban J connectivity index is 1.49. The highest BCUT2D eigenvalue weighted by Crippen LogP contribution is 2.18. The second kappa shape index (κ2) is 9.57. The quantitative estimate of drug-likeness (QED) is 0.420. The Bertz CT molecular complexity index is 1010. The first-order valence-electron chi connectivity index (χ1n) is 8.78. The SMILES string of the molecule is Nc1ccccc1NC(=O)c1ccc(CNC(=O)OCc2cccnc2Cl)cc1. The van der Waals surface area contributed by atoms with E-state index in [1.54, 1.807) is 66.9 Å². The minimum absolute atomic E-state index is 0.0280. The lowest BCUT2D eigenvalue weighted by atomic mass is 10.1. The van der Waals surface area contributed by atoms with Crippen molar-refractivity contribution in [3.8, 4) is 0 Å². The average molecular weight is 411 g/mol. The summed E-state index contributed by atoms with van der Waals surface area (Å²) in [4.78, 5) is 28.1. The maximum absolute atomic E-state index is 12.3. The molecule has 1 aromatic heterocycles. The highest BCUT2D eigenvalue weighted by atomic mass is 35.5. The van der Waals surface area contributed by atoms with Crippen molar-refractivity contribution in [3.05, 3.63) is 88.7 Å². The Morgan fingerprint density at radius 2 is 1.79 bits per heavy atom. The standard InChI is InChI=1S/C21H19ClN4O3/c22-19-16(4-3-11-24-19)13-29-21(28)25-12-14-7-9-15(10-8-14)20(27)26-18-6-2-1-5-17(18)23/h1-11H,12-13,23H2,(H,25,28)(H,26,27). The van der Waals surface area contributed by atoms with E-state index < -0.39 is 6.09 Å². The van der Waals surface area contributed by atoms with Crippen LogP contribution in [0, 0.1) is 0 Å². The van der Waals surface area contributed by atoms with Gasteiger partial charge in [-0.3, -0.25) is 4.79 Å². The first-order valence-corrected chi connectivity index (χ1v) is 9.15. The summed E-state index contributed by atoms with van der Waals surface area (Å²) in [5.41, 5.74) is 8.80. The Morgan fingerprint density at radius 1 is 1.03 bits per heavy atom. The number of aromatic nitrogens is 1. The molecule has 0 saturated heterocycles. The number of carbonyl (C=O) groups is 2. The molecule has 0 aliphatic heterocycles. The maximum Gasteiger partial charge on any atom is 0.407 e. The number of halogens is 1. The second-order valence-electron chi connectivity index (χ2n) is 6.12. The lowest BCUT2D eigenvalue weighted by Gasteiger charge is -2.09. The second-order valence-corrected chi connectivity index (χ2v) is 6.48. The number of rotatable bonds is 6. The van der Waals surface area contributed by atoms with Crippen LogP contribution in [0.2, 0.25) is 5.15 Å². The number of amides is 2. The molecule has 3 rings (SSSR count). The van der Waals surface area contributed by atoms with Crippen LogP contribution in [0.3, 0.4) is 0 Å². The number of hydrogen-bond donors (Lipinski definition) is 3. The molecule has 0 fully saturated rings. The number of alkyl carbamates (subject to hydrolysis) is 1. The first kappa shape index (κ1) is 20.2. The van der Waals surface area contributed by atoms with E-state index in [0.717, 1.165) is 5.56 Å². The molecule has 148 valence electrons. The van der Waals surface area contributed by atoms with E-state index in [2.05, 4.69) is 15.6 Å². The lowest BCUT2D eigenvalue weighted by molar-refractivity contribution is 0.102. The third-order valence-electron chi connectivity index (χ3n) is 4.06. The maximum atomic E-state index is 12.3. The van der Waals surface area contributed by atoms with Crippen LogP contribution in [0.5, 0.6) is 0 Å². The smallest absolute Gasteiger partial charge is 0.407 e. The number of para-hydroxylation sites is 2. The van der Waals surface area contributed by atoms with Crippen molar-refractivity contribution < 1.29 is 14.3 Å². The van der Waals surface area contributed by atoms with Gasteiger partial charge in [0, 0.05) is 23.9 Å². The van der Waals surface area contributed by atoms with Crippen LogP contribution >= 0.6 is 11.6 Å². The molecule has 7 nitrogen and oxygen atoms in total. The molecule has 2 amide bonds. The number of nitrogens with zero attached hydrogens (tertiary/aromatic N) is 1. The summed E-state index contributed by atoms with van der Waals surface area (Å²) in [6, 6.07) is 17.3. The van der Waals surface area contributed by atoms with Gasteiger partial charge >= 0.3 is 6.09 Å². The fourth-order valence-electron chi connectivity index (χ4n) is 2.47. The molecule has 0 aliphatic rings. The van der Waals surface area contributed by atoms with Crippen LogP contribution in [-0.2, 0) is 17.9 Å². The molecule has 1 heterocycles. The van der Waals surface area contributed by atoms with Crippen LogP contribution in [0.1, 0.15) is 21.5 Å². The van der Waals surface area contributed by atoms with Gasteiger partial charge in [-0.05, 0) is 35.9 Å². The van der Waals surface area contributed by atoms with E-state index in [0.29, 0.717) is 27.7 Å². The van der Waals surface area contributed by atoms with Gasteiger partial charge in [-0.15, -0.1) is 0 Å². The van der Waals surface area contributed by atoms with Crippen LogP contribution in [0.25, 0.3) is 0 Å². The predicted molar refractivity (Wildman–Crippen MR) is 112 cm³/mol. The minimum atomic E-state index is -0.578. The van der Waals surface area contributed by atoms with E-state index >= 15 is 0 Å². The number of ether oxygens (including phenoxy) is 1. The van der Waals surface area contributed by atoms with E-state index in [-0.39, 0.29) is 19.1 Å². The number of nitrogens with two attached hydrogens (primary N) is 1.